The lowest BCUT2D eigenvalue weighted by Crippen LogP contribution is -2.10. The minimum absolute atomic E-state index is 0.863. The molecule has 11 rings (SSSR count). The molecular weight excluding hydrogens is 727 g/mol. The van der Waals surface area contributed by atoms with Gasteiger partial charge < -0.3 is 9.32 Å². The molecule has 11 aromatic rings. The van der Waals surface area contributed by atoms with Crippen molar-refractivity contribution in [1.29, 1.82) is 0 Å². The largest absolute Gasteiger partial charge is 0.454 e. The molecule has 0 fully saturated rings. The third-order valence-corrected chi connectivity index (χ3v) is 11.7. The van der Waals surface area contributed by atoms with Gasteiger partial charge in [-0.15, -0.1) is 0 Å². The summed E-state index contributed by atoms with van der Waals surface area (Å²) in [6.07, 6.45) is 0. The summed E-state index contributed by atoms with van der Waals surface area (Å²) in [5.74, 6) is 0. The smallest absolute Gasteiger partial charge is 0.159 e. The summed E-state index contributed by atoms with van der Waals surface area (Å²) in [6.45, 7) is 0. The van der Waals surface area contributed by atoms with Crippen molar-refractivity contribution < 1.29 is 4.42 Å². The summed E-state index contributed by atoms with van der Waals surface area (Å²) < 4.78 is 6.61. The number of para-hydroxylation sites is 2. The zero-order valence-electron chi connectivity index (χ0n) is 32.9. The summed E-state index contributed by atoms with van der Waals surface area (Å²) in [7, 11) is 0. The van der Waals surface area contributed by atoms with E-state index in [4.69, 9.17) is 4.42 Å². The van der Waals surface area contributed by atoms with E-state index in [1.54, 1.807) is 0 Å². The number of rotatable bonds is 8. The van der Waals surface area contributed by atoms with E-state index in [9.17, 15) is 0 Å². The minimum Gasteiger partial charge on any atom is -0.454 e. The SMILES string of the molecule is c1ccc(-c2ccccc2-c2ccc(N(c3ccc(-c4ccc(-c5cccc(-c6ccc7ccccc7c6)c5)cc4)cc3)c3cccc4c3oc3ccccc34)cc2)cc1. The van der Waals surface area contributed by atoms with E-state index in [1.807, 2.05) is 12.1 Å². The zero-order chi connectivity index (χ0) is 39.8. The van der Waals surface area contributed by atoms with E-state index in [1.165, 1.54) is 60.8 Å². The van der Waals surface area contributed by atoms with Gasteiger partial charge in [-0.3, -0.25) is 0 Å². The molecule has 0 saturated heterocycles. The van der Waals surface area contributed by atoms with Crippen molar-refractivity contribution in [2.75, 3.05) is 4.90 Å². The molecule has 0 atom stereocenters. The van der Waals surface area contributed by atoms with Crippen LogP contribution in [0, 0.1) is 0 Å². The lowest BCUT2D eigenvalue weighted by atomic mass is 9.94. The van der Waals surface area contributed by atoms with Crippen LogP contribution in [0.2, 0.25) is 0 Å². The Morgan fingerprint density at radius 1 is 0.283 bits per heavy atom. The molecule has 0 bridgehead atoms. The van der Waals surface area contributed by atoms with Gasteiger partial charge in [-0.25, -0.2) is 0 Å². The highest BCUT2D eigenvalue weighted by Gasteiger charge is 2.20. The average molecular weight is 766 g/mol. The molecule has 0 aliphatic heterocycles. The first kappa shape index (κ1) is 35.2. The molecule has 0 aliphatic carbocycles. The van der Waals surface area contributed by atoms with Crippen LogP contribution in [0.3, 0.4) is 0 Å². The highest BCUT2D eigenvalue weighted by Crippen LogP contribution is 2.43. The van der Waals surface area contributed by atoms with Crippen LogP contribution in [0.15, 0.2) is 241 Å². The molecule has 1 heterocycles. The van der Waals surface area contributed by atoms with Crippen molar-refractivity contribution in [2.45, 2.75) is 0 Å². The number of hydrogen-bond donors (Lipinski definition) is 0. The molecule has 282 valence electrons. The zero-order valence-corrected chi connectivity index (χ0v) is 32.9. The second-order valence-corrected chi connectivity index (χ2v) is 15.3. The van der Waals surface area contributed by atoms with Crippen LogP contribution in [0.25, 0.3) is 88.3 Å². The van der Waals surface area contributed by atoms with Gasteiger partial charge in [-0.2, -0.15) is 0 Å². The number of fused-ring (bicyclic) bond motifs is 4. The third kappa shape index (κ3) is 6.51. The predicted molar refractivity (Wildman–Crippen MR) is 253 cm³/mol. The van der Waals surface area contributed by atoms with E-state index in [0.29, 0.717) is 0 Å². The van der Waals surface area contributed by atoms with Crippen molar-refractivity contribution >= 4 is 49.8 Å². The molecule has 0 spiro atoms. The number of anilines is 3. The predicted octanol–water partition coefficient (Wildman–Crippen LogP) is 16.5. The summed E-state index contributed by atoms with van der Waals surface area (Å²) in [4.78, 5) is 2.31. The lowest BCUT2D eigenvalue weighted by molar-refractivity contribution is 0.669. The Hall–Kier alpha value is -7.94. The molecule has 0 radical (unpaired) electrons. The Balaban J connectivity index is 0.934. The van der Waals surface area contributed by atoms with E-state index < -0.39 is 0 Å². The Morgan fingerprint density at radius 2 is 0.750 bits per heavy atom. The second kappa shape index (κ2) is 15.1. The van der Waals surface area contributed by atoms with E-state index in [0.717, 1.165) is 44.6 Å². The van der Waals surface area contributed by atoms with E-state index in [2.05, 4.69) is 229 Å². The van der Waals surface area contributed by atoms with E-state index >= 15 is 0 Å². The standard InChI is InChI=1S/C58H39NO/c1-2-13-44(14-3-1)52-18-6-7-19-53(52)45-32-36-51(37-33-45)59(56-22-11-21-55-54-20-8-9-23-57(54)60-58(55)56)50-34-30-42(31-35-50)41-24-26-43(27-25-41)47-16-10-17-48(38-47)49-29-28-40-12-4-5-15-46(40)39-49/h1-39H. The van der Waals surface area contributed by atoms with Gasteiger partial charge in [0.2, 0.25) is 0 Å². The van der Waals surface area contributed by atoms with E-state index in [-0.39, 0.29) is 0 Å². The van der Waals surface area contributed by atoms with Gasteiger partial charge in [0.15, 0.2) is 5.58 Å². The number of furan rings is 1. The van der Waals surface area contributed by atoms with Gasteiger partial charge in [0.25, 0.3) is 0 Å². The maximum absolute atomic E-state index is 6.61. The van der Waals surface area contributed by atoms with Crippen molar-refractivity contribution in [3.63, 3.8) is 0 Å². The van der Waals surface area contributed by atoms with Crippen molar-refractivity contribution in [2.24, 2.45) is 0 Å². The van der Waals surface area contributed by atoms with Crippen LogP contribution in [0.5, 0.6) is 0 Å². The summed E-state index contributed by atoms with van der Waals surface area (Å²) >= 11 is 0. The van der Waals surface area contributed by atoms with Crippen LogP contribution in [0.4, 0.5) is 17.1 Å². The molecule has 0 saturated carbocycles. The maximum atomic E-state index is 6.61. The summed E-state index contributed by atoms with van der Waals surface area (Å²) in [5.41, 5.74) is 16.8. The first-order valence-electron chi connectivity index (χ1n) is 20.5. The molecule has 10 aromatic carbocycles. The van der Waals surface area contributed by atoms with Crippen LogP contribution < -0.4 is 4.90 Å². The fraction of sp³-hybridized carbons (Fsp3) is 0. The van der Waals surface area contributed by atoms with Gasteiger partial charge in [0.05, 0.1) is 5.69 Å². The molecule has 2 nitrogen and oxygen atoms in total. The molecule has 2 heteroatoms. The molecular formula is C58H39NO. The molecule has 0 aliphatic rings. The van der Waals surface area contributed by atoms with Gasteiger partial charge in [-0.1, -0.05) is 188 Å². The minimum atomic E-state index is 0.863. The third-order valence-electron chi connectivity index (χ3n) is 11.7. The molecule has 60 heavy (non-hydrogen) atoms. The van der Waals surface area contributed by atoms with Crippen molar-refractivity contribution in [3.05, 3.63) is 237 Å². The van der Waals surface area contributed by atoms with Crippen LogP contribution in [-0.2, 0) is 0 Å². The Kier molecular flexibility index (Phi) is 8.87. The summed E-state index contributed by atoms with van der Waals surface area (Å²) in [6, 6.07) is 84.7. The van der Waals surface area contributed by atoms with Gasteiger partial charge in [0, 0.05) is 22.1 Å². The highest BCUT2D eigenvalue weighted by molar-refractivity contribution is 6.10. The van der Waals surface area contributed by atoms with Crippen molar-refractivity contribution in [3.8, 4) is 55.6 Å². The van der Waals surface area contributed by atoms with Crippen LogP contribution in [-0.4, -0.2) is 0 Å². The molecule has 1 aromatic heterocycles. The number of hydrogen-bond acceptors (Lipinski definition) is 2. The first-order valence-corrected chi connectivity index (χ1v) is 20.5. The Labute approximate surface area is 349 Å². The van der Waals surface area contributed by atoms with Crippen LogP contribution >= 0.6 is 0 Å². The van der Waals surface area contributed by atoms with Gasteiger partial charge in [-0.05, 0) is 115 Å². The maximum Gasteiger partial charge on any atom is 0.159 e. The quantitative estimate of drug-likeness (QED) is 0.153. The molecule has 0 unspecified atom stereocenters. The Morgan fingerprint density at radius 3 is 1.47 bits per heavy atom. The molecule has 0 amide bonds. The van der Waals surface area contributed by atoms with Crippen molar-refractivity contribution in [1.82, 2.24) is 0 Å². The lowest BCUT2D eigenvalue weighted by Gasteiger charge is -2.26. The second-order valence-electron chi connectivity index (χ2n) is 15.3. The fourth-order valence-electron chi connectivity index (χ4n) is 8.64. The normalized spacial score (nSPS) is 11.3. The number of benzene rings is 10. The first-order chi connectivity index (χ1) is 29.7. The molecule has 0 N–H and O–H groups in total. The Bertz CT molecular complexity index is 3290. The summed E-state index contributed by atoms with van der Waals surface area (Å²) in [5, 5.41) is 4.72. The monoisotopic (exact) mass is 765 g/mol. The van der Waals surface area contributed by atoms with Crippen LogP contribution in [0.1, 0.15) is 0 Å². The highest BCUT2D eigenvalue weighted by atomic mass is 16.3. The number of nitrogens with zero attached hydrogens (tertiary/aromatic N) is 1. The average Bonchev–Trinajstić information content (AvgIpc) is 3.72. The fourth-order valence-corrected chi connectivity index (χ4v) is 8.64. The van der Waals surface area contributed by atoms with Gasteiger partial charge >= 0.3 is 0 Å². The van der Waals surface area contributed by atoms with Gasteiger partial charge in [0.1, 0.15) is 5.58 Å². The topological polar surface area (TPSA) is 16.4 Å².